The monoisotopic (exact) mass is 291 g/mol. The van der Waals surface area contributed by atoms with Crippen LogP contribution in [0.1, 0.15) is 6.42 Å². The second-order valence-electron chi connectivity index (χ2n) is 4.85. The van der Waals surface area contributed by atoms with Crippen LogP contribution in [-0.2, 0) is 10.7 Å². The van der Waals surface area contributed by atoms with Gasteiger partial charge in [0, 0.05) is 42.3 Å². The molecule has 0 atom stereocenters. The number of thiol groups is 1. The summed E-state index contributed by atoms with van der Waals surface area (Å²) in [5, 5.41) is 5.20. The van der Waals surface area contributed by atoms with E-state index in [9.17, 15) is 8.42 Å². The van der Waals surface area contributed by atoms with Crippen LogP contribution in [0.25, 0.3) is 10.8 Å². The number of nitrogens with one attached hydrogen (secondary N) is 1. The van der Waals surface area contributed by atoms with Gasteiger partial charge >= 0.3 is 0 Å². The number of benzene rings is 1. The number of nitrogens with zero attached hydrogens (tertiary/aromatic N) is 2. The van der Waals surface area contributed by atoms with E-state index < -0.39 is 10.7 Å². The van der Waals surface area contributed by atoms with Crippen LogP contribution in [0.3, 0.4) is 0 Å². The van der Waals surface area contributed by atoms with Gasteiger partial charge in [-0.25, -0.2) is 13.4 Å². The number of pyridine rings is 1. The Balaban J connectivity index is 2.14. The summed E-state index contributed by atoms with van der Waals surface area (Å²) in [6.07, 6.45) is 2.66. The number of rotatable bonds is 2. The van der Waals surface area contributed by atoms with E-state index in [0.717, 1.165) is 43.7 Å². The van der Waals surface area contributed by atoms with Gasteiger partial charge in [0.05, 0.1) is 0 Å². The summed E-state index contributed by atoms with van der Waals surface area (Å²) in [5.41, 5.74) is 1.09. The van der Waals surface area contributed by atoms with Crippen molar-refractivity contribution in [1.82, 2.24) is 10.3 Å². The Morgan fingerprint density at radius 1 is 1.10 bits per heavy atom. The van der Waals surface area contributed by atoms with E-state index in [2.05, 4.69) is 21.3 Å². The third-order valence-electron chi connectivity index (χ3n) is 3.62. The summed E-state index contributed by atoms with van der Waals surface area (Å²) in [6.45, 7) is 3.89. The summed E-state index contributed by atoms with van der Waals surface area (Å²) in [5.74, 6) is 0. The maximum Gasteiger partial charge on any atom is 0.186 e. The van der Waals surface area contributed by atoms with Gasteiger partial charge in [-0.3, -0.25) is 0 Å². The number of anilines is 1. The fourth-order valence-electron chi connectivity index (χ4n) is 2.68. The van der Waals surface area contributed by atoms with Crippen LogP contribution in [0.2, 0.25) is 0 Å². The molecule has 3 rings (SSSR count). The molecule has 0 radical (unpaired) electrons. The largest absolute Gasteiger partial charge is 0.370 e. The molecule has 1 aliphatic rings. The number of fused-ring (bicyclic) bond motifs is 1. The van der Waals surface area contributed by atoms with Gasteiger partial charge in [-0.15, -0.1) is 0 Å². The zero-order chi connectivity index (χ0) is 13.9. The molecule has 0 spiro atoms. The summed E-state index contributed by atoms with van der Waals surface area (Å²) in [6, 6.07) is 7.67. The molecule has 0 amide bonds. The smallest absolute Gasteiger partial charge is 0.186 e. The molecule has 20 heavy (non-hydrogen) atoms. The fraction of sp³-hybridized carbons (Fsp3) is 0.357. The van der Waals surface area contributed by atoms with Crippen molar-refractivity contribution < 1.29 is 8.42 Å². The molecular weight excluding hydrogens is 274 g/mol. The van der Waals surface area contributed by atoms with Crippen molar-refractivity contribution >= 4 is 27.2 Å². The Labute approximate surface area is 119 Å². The van der Waals surface area contributed by atoms with E-state index in [-0.39, 0.29) is 5.03 Å². The first-order valence-electron chi connectivity index (χ1n) is 6.75. The van der Waals surface area contributed by atoms with Crippen molar-refractivity contribution in [3.63, 3.8) is 0 Å². The summed E-state index contributed by atoms with van der Waals surface area (Å²) in [7, 11) is -2.67. The number of aromatic nitrogens is 1. The molecule has 5 nitrogen and oxygen atoms in total. The maximum atomic E-state index is 11.3. The number of hydrogen-bond acceptors (Lipinski definition) is 5. The van der Waals surface area contributed by atoms with Crippen molar-refractivity contribution in [2.75, 3.05) is 31.1 Å². The first kappa shape index (κ1) is 13.3. The van der Waals surface area contributed by atoms with Crippen LogP contribution < -0.4 is 10.2 Å². The minimum Gasteiger partial charge on any atom is -0.370 e. The van der Waals surface area contributed by atoms with E-state index in [1.807, 2.05) is 18.2 Å². The summed E-state index contributed by atoms with van der Waals surface area (Å²) in [4.78, 5) is 6.29. The lowest BCUT2D eigenvalue weighted by atomic mass is 10.1. The molecule has 1 saturated heterocycles. The predicted molar refractivity (Wildman–Crippen MR) is 80.0 cm³/mol. The Morgan fingerprint density at radius 2 is 2.00 bits per heavy atom. The molecule has 0 saturated carbocycles. The van der Waals surface area contributed by atoms with Crippen molar-refractivity contribution in [1.29, 1.82) is 0 Å². The lowest BCUT2D eigenvalue weighted by Gasteiger charge is -2.24. The van der Waals surface area contributed by atoms with Crippen LogP contribution >= 0.6 is 0 Å². The van der Waals surface area contributed by atoms with E-state index in [1.165, 1.54) is 0 Å². The molecule has 6 heteroatoms. The highest BCUT2D eigenvalue weighted by Gasteiger charge is 2.14. The van der Waals surface area contributed by atoms with Crippen LogP contribution in [-0.4, -0.2) is 39.6 Å². The highest BCUT2D eigenvalue weighted by molar-refractivity contribution is 7.72. The van der Waals surface area contributed by atoms with Gasteiger partial charge in [0.1, 0.15) is 0 Å². The van der Waals surface area contributed by atoms with Crippen LogP contribution in [0, 0.1) is 0 Å². The standard InChI is InChI=1S/C14H17N3O2S/c18-20(19)14-12-3-1-4-13(11(12)5-7-16-14)17-9-2-6-15-8-10-17/h1,3-5,7,15,20H,2,6,8-10H2. The molecule has 2 aromatic rings. The average Bonchev–Trinajstić information content (AvgIpc) is 2.74. The molecule has 1 aliphatic heterocycles. The average molecular weight is 291 g/mol. The van der Waals surface area contributed by atoms with Gasteiger partial charge in [0.15, 0.2) is 15.7 Å². The van der Waals surface area contributed by atoms with E-state index in [4.69, 9.17) is 0 Å². The van der Waals surface area contributed by atoms with Gasteiger partial charge in [0.25, 0.3) is 0 Å². The highest BCUT2D eigenvalue weighted by Crippen LogP contribution is 2.28. The Morgan fingerprint density at radius 3 is 2.85 bits per heavy atom. The first-order valence-corrected chi connectivity index (χ1v) is 7.93. The Hall–Kier alpha value is -1.66. The molecule has 2 heterocycles. The highest BCUT2D eigenvalue weighted by atomic mass is 32.2. The van der Waals surface area contributed by atoms with E-state index in [1.54, 1.807) is 6.20 Å². The molecule has 1 aromatic carbocycles. The van der Waals surface area contributed by atoms with E-state index >= 15 is 0 Å². The fourth-order valence-corrected chi connectivity index (χ4v) is 3.24. The first-order chi connectivity index (χ1) is 9.77. The van der Waals surface area contributed by atoms with Gasteiger partial charge in [0.2, 0.25) is 0 Å². The van der Waals surface area contributed by atoms with Crippen LogP contribution in [0.15, 0.2) is 35.5 Å². The molecule has 1 fully saturated rings. The molecule has 0 bridgehead atoms. The zero-order valence-corrected chi connectivity index (χ0v) is 12.0. The van der Waals surface area contributed by atoms with Crippen LogP contribution in [0.4, 0.5) is 5.69 Å². The van der Waals surface area contributed by atoms with Gasteiger partial charge in [-0.1, -0.05) is 12.1 Å². The lowest BCUT2D eigenvalue weighted by molar-refractivity contribution is 0.612. The Kier molecular flexibility index (Phi) is 3.84. The molecular formula is C14H17N3O2S. The second kappa shape index (κ2) is 5.76. The Bertz CT molecular complexity index is 684. The van der Waals surface area contributed by atoms with Crippen molar-refractivity contribution in [2.45, 2.75) is 11.4 Å². The molecule has 1 aromatic heterocycles. The summed E-state index contributed by atoms with van der Waals surface area (Å²) < 4.78 is 22.6. The van der Waals surface area contributed by atoms with Crippen molar-refractivity contribution in [2.24, 2.45) is 0 Å². The molecule has 0 aliphatic carbocycles. The maximum absolute atomic E-state index is 11.3. The van der Waals surface area contributed by atoms with E-state index in [0.29, 0.717) is 5.39 Å². The number of hydrogen-bond donors (Lipinski definition) is 2. The van der Waals surface area contributed by atoms with Gasteiger partial charge in [-0.05, 0) is 25.1 Å². The predicted octanol–water partition coefficient (Wildman–Crippen LogP) is 1.00. The van der Waals surface area contributed by atoms with Gasteiger partial charge < -0.3 is 10.2 Å². The third kappa shape index (κ3) is 2.48. The zero-order valence-electron chi connectivity index (χ0n) is 11.1. The third-order valence-corrected chi connectivity index (χ3v) is 4.32. The quantitative estimate of drug-likeness (QED) is 0.809. The van der Waals surface area contributed by atoms with Crippen molar-refractivity contribution in [3.05, 3.63) is 30.5 Å². The topological polar surface area (TPSA) is 62.3 Å². The molecule has 0 unspecified atom stereocenters. The minimum absolute atomic E-state index is 0.160. The lowest BCUT2D eigenvalue weighted by Crippen LogP contribution is -2.27. The minimum atomic E-state index is -2.67. The van der Waals surface area contributed by atoms with Gasteiger partial charge in [-0.2, -0.15) is 0 Å². The normalized spacial score (nSPS) is 16.6. The SMILES string of the molecule is O=[SH](=O)c1nccc2c(N3CCCNCC3)cccc12. The summed E-state index contributed by atoms with van der Waals surface area (Å²) >= 11 is 0. The molecule has 106 valence electrons. The van der Waals surface area contributed by atoms with Crippen LogP contribution in [0.5, 0.6) is 0 Å². The molecule has 1 N–H and O–H groups in total. The second-order valence-corrected chi connectivity index (χ2v) is 5.79. The van der Waals surface area contributed by atoms with Crippen molar-refractivity contribution in [3.8, 4) is 0 Å².